The lowest BCUT2D eigenvalue weighted by Gasteiger charge is -2.17. The summed E-state index contributed by atoms with van der Waals surface area (Å²) in [6.45, 7) is 0. The van der Waals surface area contributed by atoms with Crippen molar-refractivity contribution in [1.82, 2.24) is 9.55 Å². The lowest BCUT2D eigenvalue weighted by Crippen LogP contribution is -2.19. The van der Waals surface area contributed by atoms with E-state index >= 15 is 0 Å². The van der Waals surface area contributed by atoms with E-state index in [0.717, 1.165) is 21.8 Å². The maximum absolute atomic E-state index is 13.2. The average Bonchev–Trinajstić information content (AvgIpc) is 3.19. The van der Waals surface area contributed by atoms with Crippen molar-refractivity contribution in [3.63, 3.8) is 0 Å². The number of imidazole rings is 1. The van der Waals surface area contributed by atoms with Gasteiger partial charge in [0.2, 0.25) is 5.91 Å². The van der Waals surface area contributed by atoms with Gasteiger partial charge >= 0.3 is 0 Å². The highest BCUT2D eigenvalue weighted by atomic mass is 32.2. The number of thioether (sulfide) groups is 1. The first-order valence-electron chi connectivity index (χ1n) is 9.15. The molecule has 0 unspecified atom stereocenters. The van der Waals surface area contributed by atoms with E-state index in [1.165, 1.54) is 11.8 Å². The van der Waals surface area contributed by atoms with Gasteiger partial charge in [0.15, 0.2) is 4.77 Å². The first kappa shape index (κ1) is 19.2. The number of rotatable bonds is 6. The number of aromatic nitrogens is 2. The van der Waals surface area contributed by atoms with Crippen LogP contribution in [0.4, 0.5) is 5.69 Å². The van der Waals surface area contributed by atoms with Crippen molar-refractivity contribution in [3.8, 4) is 5.69 Å². The molecular formula is C23H19N3OS2. The number of amides is 1. The average molecular weight is 418 g/mol. The first-order chi connectivity index (χ1) is 14.2. The smallest absolute Gasteiger partial charge is 0.242 e. The predicted octanol–water partition coefficient (Wildman–Crippen LogP) is 6.01. The Morgan fingerprint density at radius 2 is 1.69 bits per heavy atom. The number of nitrogens with zero attached hydrogens (tertiary/aromatic N) is 1. The zero-order chi connectivity index (χ0) is 20.1. The molecule has 2 N–H and O–H groups in total. The lowest BCUT2D eigenvalue weighted by atomic mass is 10.1. The summed E-state index contributed by atoms with van der Waals surface area (Å²) < 4.78 is 2.47. The standard InChI is InChI=1S/C23H19N3OS2/c27-22(25-18-10-7-11-19(16-18)26-15-14-24-23(26)28)21(17-8-3-1-4-9-17)29-20-12-5-2-6-13-20/h1-16,21H,(H,24,28)(H,25,27)/t21-/m0/s1. The molecule has 3 aromatic carbocycles. The second kappa shape index (κ2) is 8.94. The van der Waals surface area contributed by atoms with E-state index in [9.17, 15) is 4.79 Å². The van der Waals surface area contributed by atoms with Crippen molar-refractivity contribution in [3.05, 3.63) is 108 Å². The molecule has 0 bridgehead atoms. The quantitative estimate of drug-likeness (QED) is 0.298. The zero-order valence-corrected chi connectivity index (χ0v) is 17.1. The van der Waals surface area contributed by atoms with E-state index in [-0.39, 0.29) is 11.2 Å². The highest BCUT2D eigenvalue weighted by Crippen LogP contribution is 2.36. The molecule has 1 aromatic heterocycles. The van der Waals surface area contributed by atoms with E-state index in [1.54, 1.807) is 6.20 Å². The molecule has 0 aliphatic rings. The van der Waals surface area contributed by atoms with Crippen molar-refractivity contribution in [2.75, 3.05) is 5.32 Å². The third-order valence-electron chi connectivity index (χ3n) is 4.38. The van der Waals surface area contributed by atoms with Gasteiger partial charge in [-0.15, -0.1) is 11.8 Å². The van der Waals surface area contributed by atoms with Gasteiger partial charge in [0.25, 0.3) is 0 Å². The second-order valence-corrected chi connectivity index (χ2v) is 7.96. The molecule has 1 amide bonds. The van der Waals surface area contributed by atoms with E-state index < -0.39 is 0 Å². The van der Waals surface area contributed by atoms with Gasteiger partial charge in [0.1, 0.15) is 5.25 Å². The summed E-state index contributed by atoms with van der Waals surface area (Å²) in [4.78, 5) is 17.2. The molecule has 0 saturated carbocycles. The highest BCUT2D eigenvalue weighted by molar-refractivity contribution is 8.00. The van der Waals surface area contributed by atoms with E-state index in [2.05, 4.69) is 10.3 Å². The van der Waals surface area contributed by atoms with Crippen LogP contribution >= 0.6 is 24.0 Å². The largest absolute Gasteiger partial charge is 0.337 e. The summed E-state index contributed by atoms with van der Waals surface area (Å²) in [6.07, 6.45) is 3.65. The number of hydrogen-bond donors (Lipinski definition) is 2. The zero-order valence-electron chi connectivity index (χ0n) is 15.5. The number of hydrogen-bond acceptors (Lipinski definition) is 3. The summed E-state index contributed by atoms with van der Waals surface area (Å²) >= 11 is 6.83. The minimum absolute atomic E-state index is 0.0696. The molecule has 0 radical (unpaired) electrons. The van der Waals surface area contributed by atoms with Crippen LogP contribution in [0.5, 0.6) is 0 Å². The molecule has 0 aliphatic carbocycles. The van der Waals surface area contributed by atoms with Crippen LogP contribution in [0.3, 0.4) is 0 Å². The monoisotopic (exact) mass is 417 g/mol. The minimum Gasteiger partial charge on any atom is -0.337 e. The SMILES string of the molecule is O=C(Nc1cccc(-n2cc[nH]c2=S)c1)[C@@H](Sc1ccccc1)c1ccccc1. The van der Waals surface area contributed by atoms with Crippen LogP contribution in [0.2, 0.25) is 0 Å². The Bertz CT molecular complexity index is 1150. The predicted molar refractivity (Wildman–Crippen MR) is 121 cm³/mol. The fraction of sp³-hybridized carbons (Fsp3) is 0.0435. The summed E-state index contributed by atoms with van der Waals surface area (Å²) in [6, 6.07) is 27.4. The van der Waals surface area contributed by atoms with Gasteiger partial charge < -0.3 is 10.3 Å². The molecule has 4 nitrogen and oxygen atoms in total. The number of carbonyl (C=O) groups is 1. The van der Waals surface area contributed by atoms with Gasteiger partial charge in [-0.05, 0) is 48.1 Å². The van der Waals surface area contributed by atoms with Crippen molar-refractivity contribution in [1.29, 1.82) is 0 Å². The lowest BCUT2D eigenvalue weighted by molar-refractivity contribution is -0.115. The Kier molecular flexibility index (Phi) is 5.93. The Morgan fingerprint density at radius 3 is 2.38 bits per heavy atom. The Morgan fingerprint density at radius 1 is 0.966 bits per heavy atom. The van der Waals surface area contributed by atoms with Crippen LogP contribution in [-0.4, -0.2) is 15.5 Å². The van der Waals surface area contributed by atoms with Gasteiger partial charge in [0, 0.05) is 28.7 Å². The Labute approximate surface area is 178 Å². The molecule has 4 rings (SSSR count). The van der Waals surface area contributed by atoms with Gasteiger partial charge in [-0.2, -0.15) is 0 Å². The first-order valence-corrected chi connectivity index (χ1v) is 10.4. The number of aromatic amines is 1. The van der Waals surface area contributed by atoms with E-state index in [4.69, 9.17) is 12.2 Å². The fourth-order valence-electron chi connectivity index (χ4n) is 3.00. The normalized spacial score (nSPS) is 11.7. The van der Waals surface area contributed by atoms with Gasteiger partial charge in [-0.1, -0.05) is 54.6 Å². The van der Waals surface area contributed by atoms with Crippen LogP contribution < -0.4 is 5.32 Å². The molecule has 1 heterocycles. The molecule has 1 atom stereocenters. The topological polar surface area (TPSA) is 49.8 Å². The molecule has 0 saturated heterocycles. The van der Waals surface area contributed by atoms with Gasteiger partial charge in [-0.3, -0.25) is 9.36 Å². The van der Waals surface area contributed by atoms with Gasteiger partial charge in [-0.25, -0.2) is 0 Å². The van der Waals surface area contributed by atoms with Crippen molar-refractivity contribution < 1.29 is 4.79 Å². The molecule has 4 aromatic rings. The molecule has 29 heavy (non-hydrogen) atoms. The summed E-state index contributed by atoms with van der Waals surface area (Å²) in [5.41, 5.74) is 2.58. The minimum atomic E-state index is -0.364. The van der Waals surface area contributed by atoms with E-state index in [1.807, 2.05) is 95.7 Å². The Hall–Kier alpha value is -3.09. The van der Waals surface area contributed by atoms with Crippen LogP contribution in [-0.2, 0) is 4.79 Å². The Balaban J connectivity index is 1.60. The summed E-state index contributed by atoms with van der Waals surface area (Å²) in [5.74, 6) is -0.0696. The van der Waals surface area contributed by atoms with Crippen LogP contribution in [0.25, 0.3) is 5.69 Å². The summed E-state index contributed by atoms with van der Waals surface area (Å²) in [5, 5.41) is 2.70. The number of nitrogens with one attached hydrogen (secondary N) is 2. The molecular weight excluding hydrogens is 398 g/mol. The van der Waals surface area contributed by atoms with Crippen molar-refractivity contribution in [2.24, 2.45) is 0 Å². The maximum Gasteiger partial charge on any atom is 0.242 e. The number of benzene rings is 3. The molecule has 0 fully saturated rings. The molecule has 144 valence electrons. The highest BCUT2D eigenvalue weighted by Gasteiger charge is 2.22. The molecule has 6 heteroatoms. The van der Waals surface area contributed by atoms with Crippen LogP contribution in [0.1, 0.15) is 10.8 Å². The van der Waals surface area contributed by atoms with Crippen LogP contribution in [0, 0.1) is 4.77 Å². The maximum atomic E-state index is 13.2. The third-order valence-corrected chi connectivity index (χ3v) is 5.96. The third kappa shape index (κ3) is 4.67. The van der Waals surface area contributed by atoms with Crippen molar-refractivity contribution in [2.45, 2.75) is 10.1 Å². The number of anilines is 1. The van der Waals surface area contributed by atoms with Crippen molar-refractivity contribution >= 4 is 35.6 Å². The van der Waals surface area contributed by atoms with E-state index in [0.29, 0.717) is 4.77 Å². The molecule has 0 aliphatic heterocycles. The van der Waals surface area contributed by atoms with Crippen LogP contribution in [0.15, 0.2) is 102 Å². The number of H-pyrrole nitrogens is 1. The van der Waals surface area contributed by atoms with Gasteiger partial charge in [0.05, 0.1) is 0 Å². The number of carbonyl (C=O) groups excluding carboxylic acids is 1. The fourth-order valence-corrected chi connectivity index (χ4v) is 4.28. The second-order valence-electron chi connectivity index (χ2n) is 6.40. The molecule has 0 spiro atoms. The summed E-state index contributed by atoms with van der Waals surface area (Å²) in [7, 11) is 0.